The Morgan fingerprint density at radius 3 is 2.65 bits per heavy atom. The van der Waals surface area contributed by atoms with Gasteiger partial charge in [-0.2, -0.15) is 0 Å². The Labute approximate surface area is 119 Å². The molecule has 2 aromatic rings. The number of aromatic nitrogens is 1. The van der Waals surface area contributed by atoms with E-state index in [0.29, 0.717) is 5.82 Å². The summed E-state index contributed by atoms with van der Waals surface area (Å²) in [6, 6.07) is 13.3. The number of hydrogen-bond donors (Lipinski definition) is 1. The van der Waals surface area contributed by atoms with Crippen LogP contribution in [0.25, 0.3) is 0 Å². The molecule has 0 radical (unpaired) electrons. The molecule has 1 aromatic heterocycles. The van der Waals surface area contributed by atoms with Crippen LogP contribution in [0.3, 0.4) is 0 Å². The first kappa shape index (κ1) is 14.2. The average molecular weight is 269 g/mol. The summed E-state index contributed by atoms with van der Waals surface area (Å²) in [5.74, 6) is 0.622. The maximum Gasteiger partial charge on any atom is 0.259 e. The summed E-state index contributed by atoms with van der Waals surface area (Å²) in [7, 11) is 3.66. The summed E-state index contributed by atoms with van der Waals surface area (Å²) in [6.07, 6.45) is 2.51. The number of rotatable bonds is 5. The summed E-state index contributed by atoms with van der Waals surface area (Å²) in [5, 5.41) is 3.11. The van der Waals surface area contributed by atoms with Crippen molar-refractivity contribution in [2.24, 2.45) is 0 Å². The number of pyridine rings is 1. The molecule has 1 aromatic carbocycles. The van der Waals surface area contributed by atoms with Crippen LogP contribution in [-0.2, 0) is 6.42 Å². The molecule has 0 aliphatic heterocycles. The molecule has 1 N–H and O–H groups in total. The lowest BCUT2D eigenvalue weighted by Gasteiger charge is -2.18. The van der Waals surface area contributed by atoms with Crippen molar-refractivity contribution < 1.29 is 4.79 Å². The first-order valence-electron chi connectivity index (χ1n) is 6.65. The molecule has 0 saturated carbocycles. The van der Waals surface area contributed by atoms with Crippen LogP contribution in [0.15, 0.2) is 48.7 Å². The molecule has 0 aliphatic rings. The molecule has 4 heteroatoms. The summed E-state index contributed by atoms with van der Waals surface area (Å²) in [5.41, 5.74) is 1.78. The first-order chi connectivity index (χ1) is 9.74. The van der Waals surface area contributed by atoms with Crippen molar-refractivity contribution in [2.45, 2.75) is 6.42 Å². The van der Waals surface area contributed by atoms with E-state index >= 15 is 0 Å². The lowest BCUT2D eigenvalue weighted by Crippen LogP contribution is -2.28. The zero-order valence-corrected chi connectivity index (χ0v) is 11.8. The highest BCUT2D eigenvalue weighted by Gasteiger charge is 2.16. The van der Waals surface area contributed by atoms with Gasteiger partial charge in [0.15, 0.2) is 0 Å². The van der Waals surface area contributed by atoms with E-state index < -0.39 is 0 Å². The van der Waals surface area contributed by atoms with E-state index in [2.05, 4.69) is 10.3 Å². The molecule has 0 fully saturated rings. The molecule has 0 atom stereocenters. The van der Waals surface area contributed by atoms with Crippen molar-refractivity contribution in [3.05, 3.63) is 59.8 Å². The quantitative estimate of drug-likeness (QED) is 0.904. The van der Waals surface area contributed by atoms with Gasteiger partial charge in [0.2, 0.25) is 0 Å². The van der Waals surface area contributed by atoms with Crippen molar-refractivity contribution >= 4 is 11.7 Å². The van der Waals surface area contributed by atoms with Crippen LogP contribution in [-0.4, -0.2) is 31.5 Å². The maximum atomic E-state index is 12.6. The molecule has 2 rings (SSSR count). The van der Waals surface area contributed by atoms with Crippen LogP contribution in [0.1, 0.15) is 15.9 Å². The van der Waals surface area contributed by atoms with Crippen molar-refractivity contribution in [1.29, 1.82) is 0 Å². The minimum absolute atomic E-state index is 0.0320. The van der Waals surface area contributed by atoms with Crippen LogP contribution in [0.5, 0.6) is 0 Å². The minimum atomic E-state index is -0.0320. The predicted molar refractivity (Wildman–Crippen MR) is 81.0 cm³/mol. The molecule has 0 saturated heterocycles. The molecular weight excluding hydrogens is 250 g/mol. The number of nitrogens with zero attached hydrogens (tertiary/aromatic N) is 2. The minimum Gasteiger partial charge on any atom is -0.319 e. The molecule has 4 nitrogen and oxygen atoms in total. The van der Waals surface area contributed by atoms with Gasteiger partial charge in [-0.1, -0.05) is 24.3 Å². The Bertz CT molecular complexity index is 569. The third-order valence-corrected chi connectivity index (χ3v) is 3.19. The fourth-order valence-corrected chi connectivity index (χ4v) is 2.04. The lowest BCUT2D eigenvalue weighted by atomic mass is 10.0. The molecule has 104 valence electrons. The van der Waals surface area contributed by atoms with Gasteiger partial charge in [0, 0.05) is 18.8 Å². The van der Waals surface area contributed by atoms with E-state index in [9.17, 15) is 4.79 Å². The van der Waals surface area contributed by atoms with Gasteiger partial charge in [0.25, 0.3) is 5.91 Å². The van der Waals surface area contributed by atoms with Crippen LogP contribution in [0, 0.1) is 0 Å². The number of hydrogen-bond acceptors (Lipinski definition) is 3. The van der Waals surface area contributed by atoms with Crippen LogP contribution in [0.2, 0.25) is 0 Å². The van der Waals surface area contributed by atoms with Crippen LogP contribution >= 0.6 is 0 Å². The number of carbonyl (C=O) groups is 1. The van der Waals surface area contributed by atoms with E-state index in [1.54, 1.807) is 18.1 Å². The normalized spacial score (nSPS) is 10.3. The Morgan fingerprint density at radius 1 is 1.20 bits per heavy atom. The Kier molecular flexibility index (Phi) is 4.85. The van der Waals surface area contributed by atoms with Crippen LogP contribution < -0.4 is 10.2 Å². The number of amides is 1. The van der Waals surface area contributed by atoms with Crippen LogP contribution in [0.4, 0.5) is 5.82 Å². The number of benzene rings is 1. The third-order valence-electron chi connectivity index (χ3n) is 3.19. The average Bonchev–Trinajstić information content (AvgIpc) is 2.52. The van der Waals surface area contributed by atoms with E-state index in [0.717, 1.165) is 24.1 Å². The molecule has 0 unspecified atom stereocenters. The van der Waals surface area contributed by atoms with E-state index in [1.165, 1.54) is 0 Å². The van der Waals surface area contributed by atoms with E-state index in [-0.39, 0.29) is 5.91 Å². The summed E-state index contributed by atoms with van der Waals surface area (Å²) in [6.45, 7) is 0.845. The summed E-state index contributed by atoms with van der Waals surface area (Å²) >= 11 is 0. The molecule has 0 aliphatic carbocycles. The second kappa shape index (κ2) is 6.82. The number of carbonyl (C=O) groups excluding carboxylic acids is 1. The molecule has 0 bridgehead atoms. The first-order valence-corrected chi connectivity index (χ1v) is 6.65. The van der Waals surface area contributed by atoms with Gasteiger partial charge in [-0.15, -0.1) is 0 Å². The predicted octanol–water partition coefficient (Wildman–Crippen LogP) is 2.12. The zero-order chi connectivity index (χ0) is 14.4. The van der Waals surface area contributed by atoms with Crippen molar-refractivity contribution in [1.82, 2.24) is 10.3 Å². The molecule has 1 heterocycles. The third kappa shape index (κ3) is 3.22. The molecular formula is C16H19N3O. The number of likely N-dealkylation sites (N-methyl/N-ethyl adjacent to an activating group) is 1. The highest BCUT2D eigenvalue weighted by atomic mass is 16.2. The highest BCUT2D eigenvalue weighted by Crippen LogP contribution is 2.15. The largest absolute Gasteiger partial charge is 0.319 e. The number of nitrogens with one attached hydrogen (secondary N) is 1. The van der Waals surface area contributed by atoms with Gasteiger partial charge in [0.1, 0.15) is 5.82 Å². The molecule has 20 heavy (non-hydrogen) atoms. The van der Waals surface area contributed by atoms with Gasteiger partial charge in [-0.25, -0.2) is 4.98 Å². The fourth-order valence-electron chi connectivity index (χ4n) is 2.04. The summed E-state index contributed by atoms with van der Waals surface area (Å²) < 4.78 is 0. The lowest BCUT2D eigenvalue weighted by molar-refractivity contribution is 0.0991. The van der Waals surface area contributed by atoms with Crippen molar-refractivity contribution in [3.63, 3.8) is 0 Å². The Balaban J connectivity index is 2.25. The highest BCUT2D eigenvalue weighted by molar-refractivity contribution is 6.06. The zero-order valence-electron chi connectivity index (χ0n) is 11.8. The second-order valence-corrected chi connectivity index (χ2v) is 4.56. The van der Waals surface area contributed by atoms with Gasteiger partial charge in [0.05, 0.1) is 0 Å². The topological polar surface area (TPSA) is 45.2 Å². The SMILES string of the molecule is CNCCc1ccccc1C(=O)N(C)c1ccccn1. The second-order valence-electron chi connectivity index (χ2n) is 4.56. The van der Waals surface area contributed by atoms with Gasteiger partial charge in [-0.3, -0.25) is 9.69 Å². The van der Waals surface area contributed by atoms with Crippen molar-refractivity contribution in [3.8, 4) is 0 Å². The smallest absolute Gasteiger partial charge is 0.259 e. The van der Waals surface area contributed by atoms with E-state index in [1.807, 2.05) is 49.5 Å². The standard InChI is InChI=1S/C16H19N3O/c1-17-12-10-13-7-3-4-8-14(13)16(20)19(2)15-9-5-6-11-18-15/h3-9,11,17H,10,12H2,1-2H3. The monoisotopic (exact) mass is 269 g/mol. The summed E-state index contributed by atoms with van der Waals surface area (Å²) in [4.78, 5) is 18.4. The molecule has 0 spiro atoms. The fraction of sp³-hybridized carbons (Fsp3) is 0.250. The Hall–Kier alpha value is -2.20. The number of anilines is 1. The van der Waals surface area contributed by atoms with Gasteiger partial charge in [-0.05, 0) is 43.8 Å². The van der Waals surface area contributed by atoms with Gasteiger partial charge < -0.3 is 5.32 Å². The molecule has 1 amide bonds. The Morgan fingerprint density at radius 2 is 1.95 bits per heavy atom. The van der Waals surface area contributed by atoms with Gasteiger partial charge >= 0.3 is 0 Å². The maximum absolute atomic E-state index is 12.6. The van der Waals surface area contributed by atoms with Crippen molar-refractivity contribution in [2.75, 3.05) is 25.5 Å². The van der Waals surface area contributed by atoms with E-state index in [4.69, 9.17) is 0 Å².